The summed E-state index contributed by atoms with van der Waals surface area (Å²) in [6, 6.07) is 10.4. The van der Waals surface area contributed by atoms with Crippen LogP contribution in [0.3, 0.4) is 0 Å². The molecule has 2 aliphatic rings. The first-order chi connectivity index (χ1) is 14.0. The van der Waals surface area contributed by atoms with E-state index in [0.29, 0.717) is 23.4 Å². The van der Waals surface area contributed by atoms with Gasteiger partial charge in [-0.2, -0.15) is 0 Å². The number of nitrogens with one attached hydrogen (secondary N) is 1. The van der Waals surface area contributed by atoms with Crippen molar-refractivity contribution in [3.63, 3.8) is 0 Å². The van der Waals surface area contributed by atoms with E-state index in [2.05, 4.69) is 5.32 Å². The van der Waals surface area contributed by atoms with Crippen molar-refractivity contribution in [3.8, 4) is 0 Å². The lowest BCUT2D eigenvalue weighted by Gasteiger charge is -2.17. The Morgan fingerprint density at radius 2 is 1.90 bits per heavy atom. The molecular weight excluding hydrogens is 375 g/mol. The predicted octanol–water partition coefficient (Wildman–Crippen LogP) is 3.25. The Labute approximate surface area is 167 Å². The van der Waals surface area contributed by atoms with Gasteiger partial charge in [-0.05, 0) is 54.8 Å². The molecule has 4 rings (SSSR count). The van der Waals surface area contributed by atoms with E-state index in [1.54, 1.807) is 30.3 Å². The Morgan fingerprint density at radius 3 is 2.62 bits per heavy atom. The molecule has 1 fully saturated rings. The highest BCUT2D eigenvalue weighted by Gasteiger charge is 2.37. The molecule has 7 heteroatoms. The summed E-state index contributed by atoms with van der Waals surface area (Å²) in [7, 11) is 0. The molecule has 0 bridgehead atoms. The lowest BCUT2D eigenvalue weighted by atomic mass is 10.1. The standard InChI is InChI=1S/C22H19FN2O4/c23-15-6-3-14(4-7-15)5-10-20(26)24-16-8-9-18-19(12-16)22(28)25(21(18)27)13-17-2-1-11-29-17/h3-10,12,17H,1-2,11,13H2,(H,24,26)/b10-5+. The summed E-state index contributed by atoms with van der Waals surface area (Å²) in [5, 5.41) is 2.67. The molecule has 0 aromatic heterocycles. The third-order valence-corrected chi connectivity index (χ3v) is 4.95. The maximum absolute atomic E-state index is 12.9. The van der Waals surface area contributed by atoms with Crippen molar-refractivity contribution in [2.75, 3.05) is 18.5 Å². The van der Waals surface area contributed by atoms with Crippen LogP contribution in [0.25, 0.3) is 6.08 Å². The lowest BCUT2D eigenvalue weighted by molar-refractivity contribution is -0.111. The molecule has 0 spiro atoms. The summed E-state index contributed by atoms with van der Waals surface area (Å²) in [5.74, 6) is -1.47. The first-order valence-electron chi connectivity index (χ1n) is 9.38. The van der Waals surface area contributed by atoms with Gasteiger partial charge in [0.2, 0.25) is 5.91 Å². The number of imide groups is 1. The van der Waals surface area contributed by atoms with E-state index in [1.807, 2.05) is 0 Å². The third kappa shape index (κ3) is 4.09. The number of fused-ring (bicyclic) bond motifs is 1. The lowest BCUT2D eigenvalue weighted by Crippen LogP contribution is -2.36. The average molecular weight is 394 g/mol. The van der Waals surface area contributed by atoms with Crippen LogP contribution >= 0.6 is 0 Å². The molecule has 148 valence electrons. The molecule has 0 saturated carbocycles. The highest BCUT2D eigenvalue weighted by Crippen LogP contribution is 2.27. The first kappa shape index (κ1) is 19.0. The van der Waals surface area contributed by atoms with Gasteiger partial charge < -0.3 is 10.1 Å². The van der Waals surface area contributed by atoms with E-state index >= 15 is 0 Å². The third-order valence-electron chi connectivity index (χ3n) is 4.95. The maximum atomic E-state index is 12.9. The Balaban J connectivity index is 1.44. The second kappa shape index (κ2) is 7.97. The van der Waals surface area contributed by atoms with Gasteiger partial charge >= 0.3 is 0 Å². The van der Waals surface area contributed by atoms with E-state index in [-0.39, 0.29) is 35.8 Å². The zero-order valence-corrected chi connectivity index (χ0v) is 15.6. The van der Waals surface area contributed by atoms with E-state index in [1.165, 1.54) is 29.2 Å². The number of halogens is 1. The van der Waals surface area contributed by atoms with Crippen molar-refractivity contribution >= 4 is 29.5 Å². The maximum Gasteiger partial charge on any atom is 0.261 e. The minimum absolute atomic E-state index is 0.118. The fourth-order valence-corrected chi connectivity index (χ4v) is 3.46. The zero-order chi connectivity index (χ0) is 20.4. The second-order valence-electron chi connectivity index (χ2n) is 6.99. The van der Waals surface area contributed by atoms with Gasteiger partial charge in [0.1, 0.15) is 5.82 Å². The van der Waals surface area contributed by atoms with Gasteiger partial charge in [-0.25, -0.2) is 4.39 Å². The molecule has 2 aromatic rings. The second-order valence-corrected chi connectivity index (χ2v) is 6.99. The zero-order valence-electron chi connectivity index (χ0n) is 15.6. The van der Waals surface area contributed by atoms with Crippen LogP contribution in [-0.4, -0.2) is 41.9 Å². The highest BCUT2D eigenvalue weighted by atomic mass is 19.1. The van der Waals surface area contributed by atoms with Crippen molar-refractivity contribution in [2.45, 2.75) is 18.9 Å². The Hall–Kier alpha value is -3.32. The van der Waals surface area contributed by atoms with Crippen LogP contribution in [0.5, 0.6) is 0 Å². The minimum Gasteiger partial charge on any atom is -0.376 e. The molecule has 6 nitrogen and oxygen atoms in total. The van der Waals surface area contributed by atoms with Crippen molar-refractivity contribution < 1.29 is 23.5 Å². The molecule has 0 aliphatic carbocycles. The molecule has 2 aliphatic heterocycles. The molecule has 0 radical (unpaired) electrons. The Bertz CT molecular complexity index is 994. The van der Waals surface area contributed by atoms with Gasteiger partial charge in [0, 0.05) is 18.4 Å². The number of benzene rings is 2. The van der Waals surface area contributed by atoms with E-state index in [9.17, 15) is 18.8 Å². The normalized spacial score (nSPS) is 18.5. The largest absolute Gasteiger partial charge is 0.376 e. The molecule has 1 unspecified atom stereocenters. The number of nitrogens with zero attached hydrogens (tertiary/aromatic N) is 1. The van der Waals surface area contributed by atoms with E-state index in [0.717, 1.165) is 12.8 Å². The summed E-state index contributed by atoms with van der Waals surface area (Å²) in [5.41, 5.74) is 1.69. The molecule has 3 amide bonds. The molecule has 2 heterocycles. The summed E-state index contributed by atoms with van der Waals surface area (Å²) in [4.78, 5) is 38.6. The van der Waals surface area contributed by atoms with Gasteiger partial charge in [-0.3, -0.25) is 19.3 Å². The van der Waals surface area contributed by atoms with E-state index in [4.69, 9.17) is 4.74 Å². The van der Waals surface area contributed by atoms with Gasteiger partial charge in [-0.15, -0.1) is 0 Å². The van der Waals surface area contributed by atoms with Crippen LogP contribution in [0.2, 0.25) is 0 Å². The van der Waals surface area contributed by atoms with Gasteiger partial charge in [0.25, 0.3) is 11.8 Å². The predicted molar refractivity (Wildman–Crippen MR) is 105 cm³/mol. The molecule has 1 atom stereocenters. The molecule has 2 aromatic carbocycles. The SMILES string of the molecule is O=C(/C=C/c1ccc(F)cc1)Nc1ccc2c(c1)C(=O)N(CC1CCCO1)C2=O. The number of carbonyl (C=O) groups excluding carboxylic acids is 3. The number of carbonyl (C=O) groups is 3. The highest BCUT2D eigenvalue weighted by molar-refractivity contribution is 6.22. The fraction of sp³-hybridized carbons (Fsp3) is 0.227. The number of ether oxygens (including phenoxy) is 1. The van der Waals surface area contributed by atoms with Crippen LogP contribution in [-0.2, 0) is 9.53 Å². The average Bonchev–Trinajstić information content (AvgIpc) is 3.31. The van der Waals surface area contributed by atoms with Crippen LogP contribution in [0, 0.1) is 5.82 Å². The molecule has 1 N–H and O–H groups in total. The number of anilines is 1. The minimum atomic E-state index is -0.401. The summed E-state index contributed by atoms with van der Waals surface area (Å²) in [6.07, 6.45) is 4.51. The Kier molecular flexibility index (Phi) is 5.22. The molecule has 1 saturated heterocycles. The van der Waals surface area contributed by atoms with Crippen LogP contribution in [0.4, 0.5) is 10.1 Å². The van der Waals surface area contributed by atoms with Crippen molar-refractivity contribution in [2.24, 2.45) is 0 Å². The Morgan fingerprint density at radius 1 is 1.14 bits per heavy atom. The summed E-state index contributed by atoms with van der Waals surface area (Å²) >= 11 is 0. The number of amides is 3. The van der Waals surface area contributed by atoms with Crippen molar-refractivity contribution in [1.82, 2.24) is 4.90 Å². The van der Waals surface area contributed by atoms with Gasteiger partial charge in [0.05, 0.1) is 23.8 Å². The smallest absolute Gasteiger partial charge is 0.261 e. The first-order valence-corrected chi connectivity index (χ1v) is 9.38. The van der Waals surface area contributed by atoms with Crippen LogP contribution < -0.4 is 5.32 Å². The monoisotopic (exact) mass is 394 g/mol. The topological polar surface area (TPSA) is 75.7 Å². The van der Waals surface area contributed by atoms with Crippen LogP contribution in [0.15, 0.2) is 48.5 Å². The quantitative estimate of drug-likeness (QED) is 0.624. The van der Waals surface area contributed by atoms with E-state index < -0.39 is 5.91 Å². The number of hydrogen-bond acceptors (Lipinski definition) is 4. The van der Waals surface area contributed by atoms with Gasteiger partial charge in [-0.1, -0.05) is 12.1 Å². The summed E-state index contributed by atoms with van der Waals surface area (Å²) < 4.78 is 18.4. The van der Waals surface area contributed by atoms with Gasteiger partial charge in [0.15, 0.2) is 0 Å². The number of rotatable bonds is 5. The molecular formula is C22H19FN2O4. The van der Waals surface area contributed by atoms with Crippen molar-refractivity contribution in [3.05, 3.63) is 71.0 Å². The number of hydrogen-bond donors (Lipinski definition) is 1. The van der Waals surface area contributed by atoms with Crippen LogP contribution in [0.1, 0.15) is 39.1 Å². The molecule has 29 heavy (non-hydrogen) atoms. The van der Waals surface area contributed by atoms with Crippen molar-refractivity contribution in [1.29, 1.82) is 0 Å². The fourth-order valence-electron chi connectivity index (χ4n) is 3.46. The summed E-state index contributed by atoms with van der Waals surface area (Å²) in [6.45, 7) is 0.893.